The largest absolute Gasteiger partial charge is 0.379 e. The molecule has 0 amide bonds. The van der Waals surface area contributed by atoms with E-state index >= 15 is 0 Å². The average Bonchev–Trinajstić information content (AvgIpc) is 2.61. The van der Waals surface area contributed by atoms with E-state index < -0.39 is 0 Å². The van der Waals surface area contributed by atoms with Crippen molar-refractivity contribution in [2.45, 2.75) is 54.6 Å². The Morgan fingerprint density at radius 1 is 1.15 bits per heavy atom. The second-order valence-electron chi connectivity index (χ2n) is 6.37. The predicted molar refractivity (Wildman–Crippen MR) is 83.9 cm³/mol. The minimum Gasteiger partial charge on any atom is -0.379 e. The lowest BCUT2D eigenvalue weighted by molar-refractivity contribution is 0.100. The fraction of sp³-hybridized carbons (Fsp3) is 0.812. The summed E-state index contributed by atoms with van der Waals surface area (Å²) in [5.74, 6) is 1.27. The van der Waals surface area contributed by atoms with Crippen molar-refractivity contribution < 1.29 is 4.74 Å². The number of nitrogens with one attached hydrogen (secondary N) is 1. The Bertz CT molecular complexity index is 397. The molecule has 1 aromatic heterocycles. The summed E-state index contributed by atoms with van der Waals surface area (Å²) < 4.78 is 7.71. The maximum Gasteiger partial charge on any atom is 0.0662 e. The summed E-state index contributed by atoms with van der Waals surface area (Å²) in [7, 11) is 0. The third-order valence-electron chi connectivity index (χ3n) is 3.28. The van der Waals surface area contributed by atoms with E-state index in [-0.39, 0.29) is 0 Å². The SMILES string of the molecule is Cc1nn(CCOCC(C)C)c(C)c1CNCC(C)C. The van der Waals surface area contributed by atoms with Crippen LogP contribution in [-0.4, -0.2) is 29.5 Å². The molecule has 4 nitrogen and oxygen atoms in total. The van der Waals surface area contributed by atoms with Gasteiger partial charge in [0, 0.05) is 24.4 Å². The Balaban J connectivity index is 2.48. The number of hydrogen-bond donors (Lipinski definition) is 1. The summed E-state index contributed by atoms with van der Waals surface area (Å²) in [5.41, 5.74) is 3.71. The van der Waals surface area contributed by atoms with Crippen LogP contribution in [0.25, 0.3) is 0 Å². The fourth-order valence-corrected chi connectivity index (χ4v) is 2.16. The summed E-state index contributed by atoms with van der Waals surface area (Å²) in [6.07, 6.45) is 0. The molecule has 0 aliphatic heterocycles. The molecule has 1 heterocycles. The average molecular weight is 281 g/mol. The third-order valence-corrected chi connectivity index (χ3v) is 3.28. The predicted octanol–water partition coefficient (Wildman–Crippen LogP) is 2.92. The topological polar surface area (TPSA) is 39.1 Å². The van der Waals surface area contributed by atoms with E-state index in [1.165, 1.54) is 11.3 Å². The van der Waals surface area contributed by atoms with Crippen molar-refractivity contribution in [1.29, 1.82) is 0 Å². The minimum atomic E-state index is 0.589. The van der Waals surface area contributed by atoms with Gasteiger partial charge in [-0.05, 0) is 32.2 Å². The molecule has 0 saturated carbocycles. The van der Waals surface area contributed by atoms with Crippen molar-refractivity contribution >= 4 is 0 Å². The van der Waals surface area contributed by atoms with Gasteiger partial charge >= 0.3 is 0 Å². The number of nitrogens with zero attached hydrogens (tertiary/aromatic N) is 2. The normalized spacial score (nSPS) is 11.8. The van der Waals surface area contributed by atoms with E-state index in [0.717, 1.165) is 38.5 Å². The van der Waals surface area contributed by atoms with Gasteiger partial charge in [0.1, 0.15) is 0 Å². The van der Waals surface area contributed by atoms with Crippen molar-refractivity contribution in [3.8, 4) is 0 Å². The molecule has 0 saturated heterocycles. The molecule has 0 aliphatic rings. The molecule has 1 rings (SSSR count). The van der Waals surface area contributed by atoms with E-state index in [4.69, 9.17) is 4.74 Å². The van der Waals surface area contributed by atoms with Gasteiger partial charge in [-0.25, -0.2) is 0 Å². The fourth-order valence-electron chi connectivity index (χ4n) is 2.16. The Kier molecular flexibility index (Phi) is 7.24. The molecule has 0 bridgehead atoms. The monoisotopic (exact) mass is 281 g/mol. The van der Waals surface area contributed by atoms with E-state index in [2.05, 4.69) is 56.6 Å². The van der Waals surface area contributed by atoms with Crippen LogP contribution in [0, 0.1) is 25.7 Å². The Morgan fingerprint density at radius 3 is 2.45 bits per heavy atom. The molecule has 20 heavy (non-hydrogen) atoms. The molecule has 0 aromatic carbocycles. The number of ether oxygens (including phenoxy) is 1. The second-order valence-corrected chi connectivity index (χ2v) is 6.37. The number of aryl methyl sites for hydroxylation is 1. The zero-order valence-corrected chi connectivity index (χ0v) is 14.0. The maximum atomic E-state index is 5.64. The lowest BCUT2D eigenvalue weighted by Gasteiger charge is -2.09. The molecule has 0 radical (unpaired) electrons. The van der Waals surface area contributed by atoms with Crippen molar-refractivity contribution in [2.24, 2.45) is 11.8 Å². The second kappa shape index (κ2) is 8.42. The lowest BCUT2D eigenvalue weighted by Crippen LogP contribution is -2.19. The van der Waals surface area contributed by atoms with Gasteiger partial charge < -0.3 is 10.1 Å². The van der Waals surface area contributed by atoms with Crippen LogP contribution >= 0.6 is 0 Å². The van der Waals surface area contributed by atoms with Gasteiger partial charge in [-0.3, -0.25) is 4.68 Å². The summed E-state index contributed by atoms with van der Waals surface area (Å²) in [6.45, 7) is 17.4. The molecule has 0 spiro atoms. The van der Waals surface area contributed by atoms with Gasteiger partial charge in [0.15, 0.2) is 0 Å². The van der Waals surface area contributed by atoms with Gasteiger partial charge in [0.25, 0.3) is 0 Å². The first-order valence-corrected chi connectivity index (χ1v) is 7.73. The highest BCUT2D eigenvalue weighted by Gasteiger charge is 2.11. The summed E-state index contributed by atoms with van der Waals surface area (Å²) in [4.78, 5) is 0. The van der Waals surface area contributed by atoms with Crippen LogP contribution in [0.15, 0.2) is 0 Å². The van der Waals surface area contributed by atoms with Gasteiger partial charge in [-0.15, -0.1) is 0 Å². The number of hydrogen-bond acceptors (Lipinski definition) is 3. The van der Waals surface area contributed by atoms with Crippen molar-refractivity contribution in [3.05, 3.63) is 17.0 Å². The van der Waals surface area contributed by atoms with E-state index in [1.54, 1.807) is 0 Å². The quantitative estimate of drug-likeness (QED) is 0.707. The molecule has 1 N–H and O–H groups in total. The van der Waals surface area contributed by atoms with Crippen molar-refractivity contribution in [3.63, 3.8) is 0 Å². The van der Waals surface area contributed by atoms with Gasteiger partial charge in [-0.1, -0.05) is 27.7 Å². The molecule has 0 unspecified atom stereocenters. The highest BCUT2D eigenvalue weighted by Crippen LogP contribution is 2.13. The molecule has 0 aliphatic carbocycles. The van der Waals surface area contributed by atoms with Crippen molar-refractivity contribution in [2.75, 3.05) is 19.8 Å². The summed E-state index contributed by atoms with van der Waals surface area (Å²) in [5, 5.41) is 8.11. The molecule has 0 fully saturated rings. The maximum absolute atomic E-state index is 5.64. The van der Waals surface area contributed by atoms with E-state index in [0.29, 0.717) is 11.8 Å². The molecular weight excluding hydrogens is 250 g/mol. The number of aromatic nitrogens is 2. The zero-order chi connectivity index (χ0) is 15.1. The molecule has 1 aromatic rings. The molecule has 4 heteroatoms. The van der Waals surface area contributed by atoms with Gasteiger partial charge in [0.05, 0.1) is 18.8 Å². The smallest absolute Gasteiger partial charge is 0.0662 e. The van der Waals surface area contributed by atoms with Crippen LogP contribution in [0.4, 0.5) is 0 Å². The van der Waals surface area contributed by atoms with E-state index in [1.807, 2.05) is 0 Å². The first kappa shape index (κ1) is 17.2. The molecular formula is C16H31N3O. The highest BCUT2D eigenvalue weighted by atomic mass is 16.5. The third kappa shape index (κ3) is 5.63. The first-order chi connectivity index (χ1) is 9.41. The Hall–Kier alpha value is -0.870. The first-order valence-electron chi connectivity index (χ1n) is 7.73. The molecule has 116 valence electrons. The van der Waals surface area contributed by atoms with Crippen LogP contribution in [0.5, 0.6) is 0 Å². The standard InChI is InChI=1S/C16H31N3O/c1-12(2)9-17-10-16-14(5)18-19(15(16)6)7-8-20-11-13(3)4/h12-13,17H,7-11H2,1-6H3. The Labute approximate surface area is 123 Å². The molecule has 0 atom stereocenters. The lowest BCUT2D eigenvalue weighted by atomic mass is 10.2. The van der Waals surface area contributed by atoms with E-state index in [9.17, 15) is 0 Å². The zero-order valence-electron chi connectivity index (χ0n) is 14.0. The van der Waals surface area contributed by atoms with Crippen LogP contribution in [0.1, 0.15) is 44.6 Å². The van der Waals surface area contributed by atoms with Crippen LogP contribution in [-0.2, 0) is 17.8 Å². The van der Waals surface area contributed by atoms with Crippen LogP contribution < -0.4 is 5.32 Å². The minimum absolute atomic E-state index is 0.589. The highest BCUT2D eigenvalue weighted by molar-refractivity contribution is 5.24. The summed E-state index contributed by atoms with van der Waals surface area (Å²) >= 11 is 0. The Morgan fingerprint density at radius 2 is 1.85 bits per heavy atom. The van der Waals surface area contributed by atoms with Crippen molar-refractivity contribution in [1.82, 2.24) is 15.1 Å². The van der Waals surface area contributed by atoms with Crippen LogP contribution in [0.2, 0.25) is 0 Å². The van der Waals surface area contributed by atoms with Gasteiger partial charge in [0.2, 0.25) is 0 Å². The number of rotatable bonds is 9. The van der Waals surface area contributed by atoms with Crippen LogP contribution in [0.3, 0.4) is 0 Å². The van der Waals surface area contributed by atoms with Gasteiger partial charge in [-0.2, -0.15) is 5.10 Å². The summed E-state index contributed by atoms with van der Waals surface area (Å²) in [6, 6.07) is 0.